The molecule has 5 heteroatoms. The number of amides is 3. The van der Waals surface area contributed by atoms with Gasteiger partial charge >= 0.3 is 6.03 Å². The highest BCUT2D eigenvalue weighted by molar-refractivity contribution is 5.92. The number of rotatable bonds is 5. The van der Waals surface area contributed by atoms with Gasteiger partial charge in [-0.25, -0.2) is 4.79 Å². The summed E-state index contributed by atoms with van der Waals surface area (Å²) in [6, 6.07) is 26.0. The summed E-state index contributed by atoms with van der Waals surface area (Å²) >= 11 is 0. The van der Waals surface area contributed by atoms with E-state index in [1.807, 2.05) is 60.7 Å². The molecule has 27 heavy (non-hydrogen) atoms. The first-order valence-corrected chi connectivity index (χ1v) is 8.67. The highest BCUT2D eigenvalue weighted by Crippen LogP contribution is 2.22. The van der Waals surface area contributed by atoms with E-state index < -0.39 is 0 Å². The van der Waals surface area contributed by atoms with E-state index >= 15 is 0 Å². The number of carbonyl (C=O) groups is 2. The van der Waals surface area contributed by atoms with Gasteiger partial charge < -0.3 is 16.0 Å². The molecule has 3 aromatic rings. The second kappa shape index (κ2) is 8.67. The van der Waals surface area contributed by atoms with Gasteiger partial charge in [0.15, 0.2) is 0 Å². The van der Waals surface area contributed by atoms with Crippen LogP contribution in [0, 0.1) is 0 Å². The molecular weight excluding hydrogens is 338 g/mol. The second-order valence-electron chi connectivity index (χ2n) is 6.11. The molecule has 0 bridgehead atoms. The molecule has 0 aliphatic heterocycles. The molecule has 3 rings (SSSR count). The Labute approximate surface area is 158 Å². The van der Waals surface area contributed by atoms with Crippen molar-refractivity contribution in [2.75, 3.05) is 10.6 Å². The summed E-state index contributed by atoms with van der Waals surface area (Å²) in [4.78, 5) is 23.8. The average Bonchev–Trinajstić information content (AvgIpc) is 2.67. The van der Waals surface area contributed by atoms with Crippen molar-refractivity contribution < 1.29 is 9.59 Å². The van der Waals surface area contributed by atoms with Crippen LogP contribution in [0.1, 0.15) is 24.1 Å². The highest BCUT2D eigenvalue weighted by atomic mass is 16.2. The van der Waals surface area contributed by atoms with Crippen molar-refractivity contribution >= 4 is 23.3 Å². The molecule has 0 atom stereocenters. The van der Waals surface area contributed by atoms with Crippen LogP contribution in [-0.4, -0.2) is 11.9 Å². The molecule has 0 heterocycles. The van der Waals surface area contributed by atoms with Gasteiger partial charge in [-0.05, 0) is 29.3 Å². The van der Waals surface area contributed by atoms with Crippen molar-refractivity contribution in [2.45, 2.75) is 13.0 Å². The standard InChI is InChI=1S/C22H21N3O2/c1-16(26)23-19-13-8-14-20(15-19)24-22(27)25-21(17-9-4-2-5-10-17)18-11-6-3-7-12-18/h2-15,21H,1H3,(H,23,26)(H2,24,25,27). The van der Waals surface area contributed by atoms with Crippen molar-refractivity contribution in [1.29, 1.82) is 0 Å². The summed E-state index contributed by atoms with van der Waals surface area (Å²) in [6.07, 6.45) is 0. The highest BCUT2D eigenvalue weighted by Gasteiger charge is 2.16. The van der Waals surface area contributed by atoms with Crippen molar-refractivity contribution in [3.05, 3.63) is 96.1 Å². The Kier molecular flexibility index (Phi) is 5.84. The molecule has 3 aromatic carbocycles. The number of carbonyl (C=O) groups excluding carboxylic acids is 2. The zero-order chi connectivity index (χ0) is 19.1. The van der Waals surface area contributed by atoms with Crippen LogP contribution >= 0.6 is 0 Å². The fourth-order valence-corrected chi connectivity index (χ4v) is 2.83. The Morgan fingerprint density at radius 1 is 0.704 bits per heavy atom. The Hall–Kier alpha value is -3.60. The molecule has 0 aromatic heterocycles. The van der Waals surface area contributed by atoms with Gasteiger partial charge in [0.2, 0.25) is 5.91 Å². The zero-order valence-electron chi connectivity index (χ0n) is 15.0. The molecule has 0 radical (unpaired) electrons. The minimum absolute atomic E-state index is 0.162. The second-order valence-corrected chi connectivity index (χ2v) is 6.11. The maximum Gasteiger partial charge on any atom is 0.319 e. The lowest BCUT2D eigenvalue weighted by Crippen LogP contribution is -2.33. The number of urea groups is 1. The normalized spacial score (nSPS) is 10.3. The molecule has 0 saturated heterocycles. The van der Waals surface area contributed by atoms with E-state index in [2.05, 4.69) is 16.0 Å². The summed E-state index contributed by atoms with van der Waals surface area (Å²) < 4.78 is 0. The number of hydrogen-bond acceptors (Lipinski definition) is 2. The van der Waals surface area contributed by atoms with Gasteiger partial charge in [0, 0.05) is 18.3 Å². The summed E-state index contributed by atoms with van der Waals surface area (Å²) in [7, 11) is 0. The summed E-state index contributed by atoms with van der Waals surface area (Å²) in [6.45, 7) is 1.44. The lowest BCUT2D eigenvalue weighted by atomic mass is 9.99. The van der Waals surface area contributed by atoms with Crippen LogP contribution in [0.3, 0.4) is 0 Å². The van der Waals surface area contributed by atoms with Crippen LogP contribution in [0.25, 0.3) is 0 Å². The van der Waals surface area contributed by atoms with E-state index in [0.29, 0.717) is 11.4 Å². The van der Waals surface area contributed by atoms with Gasteiger partial charge in [-0.2, -0.15) is 0 Å². The average molecular weight is 359 g/mol. The minimum Gasteiger partial charge on any atom is -0.327 e. The first-order valence-electron chi connectivity index (χ1n) is 8.67. The number of benzene rings is 3. The molecule has 3 amide bonds. The Morgan fingerprint density at radius 2 is 1.22 bits per heavy atom. The summed E-state index contributed by atoms with van der Waals surface area (Å²) in [5.41, 5.74) is 3.21. The third kappa shape index (κ3) is 5.19. The largest absolute Gasteiger partial charge is 0.327 e. The van der Waals surface area contributed by atoms with Crippen LogP contribution < -0.4 is 16.0 Å². The molecule has 0 aliphatic rings. The van der Waals surface area contributed by atoms with Crippen molar-refractivity contribution in [1.82, 2.24) is 5.32 Å². The van der Waals surface area contributed by atoms with Gasteiger partial charge in [-0.1, -0.05) is 66.7 Å². The van der Waals surface area contributed by atoms with E-state index in [4.69, 9.17) is 0 Å². The molecule has 0 fully saturated rings. The molecule has 0 saturated carbocycles. The predicted molar refractivity (Wildman–Crippen MR) is 108 cm³/mol. The molecule has 0 spiro atoms. The van der Waals surface area contributed by atoms with Crippen LogP contribution in [0.2, 0.25) is 0 Å². The first kappa shape index (κ1) is 18.2. The van der Waals surface area contributed by atoms with E-state index in [1.54, 1.807) is 24.3 Å². The fourth-order valence-electron chi connectivity index (χ4n) is 2.83. The molecule has 5 nitrogen and oxygen atoms in total. The Balaban J connectivity index is 1.76. The maximum atomic E-state index is 12.6. The van der Waals surface area contributed by atoms with Crippen LogP contribution in [0.4, 0.5) is 16.2 Å². The van der Waals surface area contributed by atoms with Crippen molar-refractivity contribution in [3.8, 4) is 0 Å². The Morgan fingerprint density at radius 3 is 1.74 bits per heavy atom. The summed E-state index contributed by atoms with van der Waals surface area (Å²) in [5, 5.41) is 8.55. The van der Waals surface area contributed by atoms with Gasteiger partial charge in [0.25, 0.3) is 0 Å². The lowest BCUT2D eigenvalue weighted by Gasteiger charge is -2.20. The third-order valence-electron chi connectivity index (χ3n) is 3.98. The minimum atomic E-state index is -0.326. The van der Waals surface area contributed by atoms with Crippen molar-refractivity contribution in [3.63, 3.8) is 0 Å². The molecule has 0 unspecified atom stereocenters. The SMILES string of the molecule is CC(=O)Nc1cccc(NC(=O)NC(c2ccccc2)c2ccccc2)c1. The van der Waals surface area contributed by atoms with E-state index in [0.717, 1.165) is 11.1 Å². The molecule has 0 aliphatic carbocycles. The lowest BCUT2D eigenvalue weighted by molar-refractivity contribution is -0.114. The number of anilines is 2. The monoisotopic (exact) mass is 359 g/mol. The first-order chi connectivity index (χ1) is 13.1. The fraction of sp³-hybridized carbons (Fsp3) is 0.0909. The van der Waals surface area contributed by atoms with Gasteiger partial charge in [-0.3, -0.25) is 4.79 Å². The molecule has 3 N–H and O–H groups in total. The topological polar surface area (TPSA) is 70.2 Å². The van der Waals surface area contributed by atoms with Gasteiger partial charge in [-0.15, -0.1) is 0 Å². The summed E-state index contributed by atoms with van der Waals surface area (Å²) in [5.74, 6) is -0.162. The van der Waals surface area contributed by atoms with E-state index in [9.17, 15) is 9.59 Å². The van der Waals surface area contributed by atoms with Crippen molar-refractivity contribution in [2.24, 2.45) is 0 Å². The quantitative estimate of drug-likeness (QED) is 0.625. The Bertz CT molecular complexity index is 872. The predicted octanol–water partition coefficient (Wildman–Crippen LogP) is 4.56. The van der Waals surface area contributed by atoms with Gasteiger partial charge in [0.05, 0.1) is 6.04 Å². The maximum absolute atomic E-state index is 12.6. The third-order valence-corrected chi connectivity index (χ3v) is 3.98. The van der Waals surface area contributed by atoms with Crippen LogP contribution in [0.15, 0.2) is 84.9 Å². The van der Waals surface area contributed by atoms with Crippen LogP contribution in [-0.2, 0) is 4.79 Å². The van der Waals surface area contributed by atoms with Crippen LogP contribution in [0.5, 0.6) is 0 Å². The molecular formula is C22H21N3O2. The smallest absolute Gasteiger partial charge is 0.319 e. The van der Waals surface area contributed by atoms with E-state index in [1.165, 1.54) is 6.92 Å². The van der Waals surface area contributed by atoms with E-state index in [-0.39, 0.29) is 18.0 Å². The number of nitrogens with one attached hydrogen (secondary N) is 3. The van der Waals surface area contributed by atoms with Gasteiger partial charge in [0.1, 0.15) is 0 Å². The zero-order valence-corrected chi connectivity index (χ0v) is 15.0. The molecule has 136 valence electrons. The number of hydrogen-bond donors (Lipinski definition) is 3.